The number of methoxy groups -OCH3 is 1. The molecule has 4 nitrogen and oxygen atoms in total. The molecule has 0 N–H and O–H groups in total. The standard InChI is InChI=1S/C9H12N2O2S/c1-13-9(12)7-2-4-11(7)6-8-10-3-5-14-8/h3,5,7H,2,4,6H2,1H3. The maximum absolute atomic E-state index is 11.3. The van der Waals surface area contributed by atoms with Crippen LogP contribution in [0.5, 0.6) is 0 Å². The maximum atomic E-state index is 11.3. The number of rotatable bonds is 3. The fourth-order valence-corrected chi connectivity index (χ4v) is 2.18. The minimum atomic E-state index is -0.132. The summed E-state index contributed by atoms with van der Waals surface area (Å²) in [6, 6.07) is -0.0519. The molecule has 5 heteroatoms. The van der Waals surface area contributed by atoms with E-state index in [0.29, 0.717) is 0 Å². The SMILES string of the molecule is COC(=O)C1CCN1Cc1nccs1. The zero-order chi connectivity index (χ0) is 9.97. The van der Waals surface area contributed by atoms with Gasteiger partial charge in [-0.3, -0.25) is 9.69 Å². The molecule has 1 unspecified atom stereocenters. The van der Waals surface area contributed by atoms with Gasteiger partial charge in [-0.05, 0) is 6.42 Å². The molecular formula is C9H12N2O2S. The number of ether oxygens (including phenoxy) is 1. The highest BCUT2D eigenvalue weighted by Gasteiger charge is 2.35. The van der Waals surface area contributed by atoms with Gasteiger partial charge in [0.25, 0.3) is 0 Å². The number of esters is 1. The zero-order valence-electron chi connectivity index (χ0n) is 7.97. The number of nitrogens with zero attached hydrogens (tertiary/aromatic N) is 2. The van der Waals surface area contributed by atoms with E-state index in [9.17, 15) is 4.79 Å². The number of aromatic nitrogens is 1. The van der Waals surface area contributed by atoms with Crippen molar-refractivity contribution in [1.82, 2.24) is 9.88 Å². The summed E-state index contributed by atoms with van der Waals surface area (Å²) in [6.45, 7) is 1.72. The van der Waals surface area contributed by atoms with Gasteiger partial charge >= 0.3 is 5.97 Å². The minimum Gasteiger partial charge on any atom is -0.468 e. The Hall–Kier alpha value is -0.940. The normalized spacial score (nSPS) is 21.6. The highest BCUT2D eigenvalue weighted by molar-refractivity contribution is 7.09. The lowest BCUT2D eigenvalue weighted by molar-refractivity contribution is -0.152. The smallest absolute Gasteiger partial charge is 0.323 e. The second kappa shape index (κ2) is 4.06. The van der Waals surface area contributed by atoms with Crippen LogP contribution in [0.25, 0.3) is 0 Å². The van der Waals surface area contributed by atoms with Crippen molar-refractivity contribution < 1.29 is 9.53 Å². The third-order valence-electron chi connectivity index (χ3n) is 2.43. The van der Waals surface area contributed by atoms with Crippen molar-refractivity contribution in [1.29, 1.82) is 0 Å². The fraction of sp³-hybridized carbons (Fsp3) is 0.556. The summed E-state index contributed by atoms with van der Waals surface area (Å²) in [5, 5.41) is 3.00. The highest BCUT2D eigenvalue weighted by Crippen LogP contribution is 2.21. The Morgan fingerprint density at radius 2 is 2.71 bits per heavy atom. The van der Waals surface area contributed by atoms with Crippen molar-refractivity contribution >= 4 is 17.3 Å². The van der Waals surface area contributed by atoms with Crippen LogP contribution >= 0.6 is 11.3 Å². The summed E-state index contributed by atoms with van der Waals surface area (Å²) < 4.78 is 4.71. The van der Waals surface area contributed by atoms with E-state index in [1.807, 2.05) is 5.38 Å². The predicted molar refractivity (Wildman–Crippen MR) is 52.9 cm³/mol. The molecule has 1 atom stereocenters. The van der Waals surface area contributed by atoms with Crippen molar-refractivity contribution in [3.63, 3.8) is 0 Å². The topological polar surface area (TPSA) is 42.4 Å². The van der Waals surface area contributed by atoms with Gasteiger partial charge in [0.05, 0.1) is 13.7 Å². The summed E-state index contributed by atoms with van der Waals surface area (Å²) in [4.78, 5) is 17.5. The molecule has 0 radical (unpaired) electrons. The molecule has 1 fully saturated rings. The number of likely N-dealkylation sites (tertiary alicyclic amines) is 1. The van der Waals surface area contributed by atoms with Gasteiger partial charge in [-0.15, -0.1) is 11.3 Å². The van der Waals surface area contributed by atoms with Crippen LogP contribution in [0.2, 0.25) is 0 Å². The molecule has 0 aliphatic carbocycles. The molecule has 14 heavy (non-hydrogen) atoms. The van der Waals surface area contributed by atoms with Gasteiger partial charge in [0.2, 0.25) is 0 Å². The van der Waals surface area contributed by atoms with Gasteiger partial charge in [-0.1, -0.05) is 0 Å². The Morgan fingerprint density at radius 3 is 3.21 bits per heavy atom. The minimum absolute atomic E-state index is 0.0519. The molecule has 1 aromatic heterocycles. The molecule has 0 spiro atoms. The summed E-state index contributed by atoms with van der Waals surface area (Å²) in [5.41, 5.74) is 0. The van der Waals surface area contributed by atoms with Crippen molar-refractivity contribution in [2.45, 2.75) is 19.0 Å². The van der Waals surface area contributed by atoms with Gasteiger partial charge in [0.1, 0.15) is 11.0 Å². The Labute approximate surface area is 86.5 Å². The molecule has 1 aromatic rings. The Balaban J connectivity index is 1.91. The second-order valence-electron chi connectivity index (χ2n) is 3.22. The third-order valence-corrected chi connectivity index (χ3v) is 3.19. The number of hydrogen-bond acceptors (Lipinski definition) is 5. The summed E-state index contributed by atoms with van der Waals surface area (Å²) in [6.07, 6.45) is 2.69. The molecule has 0 amide bonds. The van der Waals surface area contributed by atoms with Crippen molar-refractivity contribution in [3.05, 3.63) is 16.6 Å². The van der Waals surface area contributed by atoms with Gasteiger partial charge in [0.15, 0.2) is 0 Å². The number of carbonyl (C=O) groups is 1. The van der Waals surface area contributed by atoms with Crippen LogP contribution < -0.4 is 0 Å². The highest BCUT2D eigenvalue weighted by atomic mass is 32.1. The third kappa shape index (κ3) is 1.78. The molecule has 1 aliphatic heterocycles. The molecule has 2 heterocycles. The van der Waals surface area contributed by atoms with Gasteiger partial charge in [-0.25, -0.2) is 4.98 Å². The zero-order valence-corrected chi connectivity index (χ0v) is 8.79. The number of thiazole rings is 1. The first kappa shape index (κ1) is 9.61. The van der Waals surface area contributed by atoms with Crippen LogP contribution in [0.1, 0.15) is 11.4 Å². The molecular weight excluding hydrogens is 200 g/mol. The molecule has 2 rings (SSSR count). The first-order valence-corrected chi connectivity index (χ1v) is 5.39. The van der Waals surface area contributed by atoms with Crippen LogP contribution in [-0.4, -0.2) is 35.5 Å². The van der Waals surface area contributed by atoms with Gasteiger partial charge < -0.3 is 4.74 Å². The quantitative estimate of drug-likeness (QED) is 0.698. The van der Waals surface area contributed by atoms with Crippen molar-refractivity contribution in [3.8, 4) is 0 Å². The Morgan fingerprint density at radius 1 is 1.86 bits per heavy atom. The van der Waals surface area contributed by atoms with Gasteiger partial charge in [-0.2, -0.15) is 0 Å². The lowest BCUT2D eigenvalue weighted by atomic mass is 10.0. The number of carbonyl (C=O) groups excluding carboxylic acids is 1. The van der Waals surface area contributed by atoms with E-state index < -0.39 is 0 Å². The van der Waals surface area contributed by atoms with E-state index in [1.54, 1.807) is 17.5 Å². The molecule has 0 saturated carbocycles. The summed E-state index contributed by atoms with van der Waals surface area (Å²) in [7, 11) is 1.43. The van der Waals surface area contributed by atoms with Crippen LogP contribution in [0.3, 0.4) is 0 Å². The monoisotopic (exact) mass is 212 g/mol. The van der Waals surface area contributed by atoms with Crippen LogP contribution in [0.15, 0.2) is 11.6 Å². The lowest BCUT2D eigenvalue weighted by Gasteiger charge is -2.37. The summed E-state index contributed by atoms with van der Waals surface area (Å²) >= 11 is 1.62. The van der Waals surface area contributed by atoms with Gasteiger partial charge in [0, 0.05) is 18.1 Å². The largest absolute Gasteiger partial charge is 0.468 e. The first-order chi connectivity index (χ1) is 6.81. The van der Waals surface area contributed by atoms with Crippen LogP contribution in [0, 0.1) is 0 Å². The van der Waals surface area contributed by atoms with Crippen LogP contribution in [-0.2, 0) is 16.1 Å². The molecule has 76 valence electrons. The number of hydrogen-bond donors (Lipinski definition) is 0. The van der Waals surface area contributed by atoms with E-state index in [-0.39, 0.29) is 12.0 Å². The predicted octanol–water partition coefficient (Wildman–Crippen LogP) is 0.890. The van der Waals surface area contributed by atoms with E-state index in [4.69, 9.17) is 4.74 Å². The Kier molecular flexibility index (Phi) is 2.79. The fourth-order valence-electron chi connectivity index (χ4n) is 1.54. The molecule has 0 bridgehead atoms. The second-order valence-corrected chi connectivity index (χ2v) is 4.20. The molecule has 1 saturated heterocycles. The first-order valence-electron chi connectivity index (χ1n) is 4.51. The average molecular weight is 212 g/mol. The molecule has 0 aromatic carbocycles. The van der Waals surface area contributed by atoms with E-state index in [0.717, 1.165) is 24.5 Å². The van der Waals surface area contributed by atoms with Crippen molar-refractivity contribution in [2.24, 2.45) is 0 Å². The molecule has 1 aliphatic rings. The lowest BCUT2D eigenvalue weighted by Crippen LogP contribution is -2.52. The van der Waals surface area contributed by atoms with Crippen molar-refractivity contribution in [2.75, 3.05) is 13.7 Å². The average Bonchev–Trinajstić information content (AvgIpc) is 2.64. The van der Waals surface area contributed by atoms with E-state index in [2.05, 4.69) is 9.88 Å². The van der Waals surface area contributed by atoms with E-state index in [1.165, 1.54) is 7.11 Å². The summed E-state index contributed by atoms with van der Waals surface area (Å²) in [5.74, 6) is -0.132. The Bertz CT molecular complexity index is 313. The van der Waals surface area contributed by atoms with Crippen LogP contribution in [0.4, 0.5) is 0 Å². The maximum Gasteiger partial charge on any atom is 0.323 e. The van der Waals surface area contributed by atoms with E-state index >= 15 is 0 Å².